The Bertz CT molecular complexity index is 721. The van der Waals surface area contributed by atoms with E-state index in [4.69, 9.17) is 14.2 Å². The molecule has 2 aromatic heterocycles. The first-order chi connectivity index (χ1) is 10.5. The summed E-state index contributed by atoms with van der Waals surface area (Å²) in [5, 5.41) is 10.0. The molecule has 2 saturated heterocycles. The second kappa shape index (κ2) is 4.87. The van der Waals surface area contributed by atoms with Crippen molar-refractivity contribution in [3.63, 3.8) is 0 Å². The number of ether oxygens (including phenoxy) is 3. The van der Waals surface area contributed by atoms with Gasteiger partial charge in [-0.25, -0.2) is 15.0 Å². The Balaban J connectivity index is 1.77. The lowest BCUT2D eigenvalue weighted by Gasteiger charge is -2.24. The van der Waals surface area contributed by atoms with Gasteiger partial charge in [-0.05, 0) is 13.8 Å². The van der Waals surface area contributed by atoms with Crippen molar-refractivity contribution in [2.24, 2.45) is 0 Å². The van der Waals surface area contributed by atoms with Gasteiger partial charge in [0.15, 0.2) is 17.7 Å². The fourth-order valence-electron chi connectivity index (χ4n) is 3.06. The molecule has 0 aliphatic carbocycles. The molecule has 0 saturated carbocycles. The van der Waals surface area contributed by atoms with Crippen LogP contribution in [0.15, 0.2) is 17.7 Å². The molecule has 8 nitrogen and oxygen atoms in total. The minimum atomic E-state index is -0.717. The standard InChI is InChI=1S/C13H16N4O4S/c1-13(2)20-8-6(3-18)19-12(9(8)21-13)17-5-16-7-10(17)14-4-15-11(7)22/h4-6,8-9,12,18H,3H2,1-2H3,(H,14,15,22)/t6-,8-,9-,12-/m1/s1. The summed E-state index contributed by atoms with van der Waals surface area (Å²) in [6.07, 6.45) is 1.44. The average molecular weight is 324 g/mol. The van der Waals surface area contributed by atoms with Crippen LogP contribution < -0.4 is 0 Å². The largest absolute Gasteiger partial charge is 0.394 e. The maximum atomic E-state index is 9.53. The molecule has 22 heavy (non-hydrogen) atoms. The van der Waals surface area contributed by atoms with Gasteiger partial charge in [0.2, 0.25) is 0 Å². The van der Waals surface area contributed by atoms with Crippen LogP contribution >= 0.6 is 12.6 Å². The van der Waals surface area contributed by atoms with E-state index in [0.717, 1.165) is 0 Å². The Morgan fingerprint density at radius 1 is 1.27 bits per heavy atom. The molecule has 2 aliphatic rings. The van der Waals surface area contributed by atoms with Crippen LogP contribution in [-0.4, -0.2) is 55.3 Å². The Morgan fingerprint density at radius 2 is 2.05 bits per heavy atom. The first kappa shape index (κ1) is 14.3. The van der Waals surface area contributed by atoms with E-state index < -0.39 is 18.1 Å². The number of fused-ring (bicyclic) bond motifs is 2. The number of imidazole rings is 1. The molecule has 0 spiro atoms. The lowest BCUT2D eigenvalue weighted by Crippen LogP contribution is -2.31. The first-order valence-electron chi connectivity index (χ1n) is 6.98. The molecule has 1 N–H and O–H groups in total. The van der Waals surface area contributed by atoms with E-state index in [9.17, 15) is 5.11 Å². The third-order valence-electron chi connectivity index (χ3n) is 3.92. The molecule has 4 atom stereocenters. The predicted molar refractivity (Wildman–Crippen MR) is 77.4 cm³/mol. The van der Waals surface area contributed by atoms with E-state index in [1.165, 1.54) is 6.33 Å². The summed E-state index contributed by atoms with van der Waals surface area (Å²) in [5.74, 6) is -0.717. The van der Waals surface area contributed by atoms with Gasteiger partial charge in [0, 0.05) is 0 Å². The highest BCUT2D eigenvalue weighted by atomic mass is 32.1. The van der Waals surface area contributed by atoms with E-state index in [2.05, 4.69) is 27.6 Å². The van der Waals surface area contributed by atoms with Crippen LogP contribution in [0.2, 0.25) is 0 Å². The van der Waals surface area contributed by atoms with E-state index >= 15 is 0 Å². The first-order valence-corrected chi connectivity index (χ1v) is 7.43. The van der Waals surface area contributed by atoms with E-state index in [0.29, 0.717) is 16.2 Å². The average Bonchev–Trinajstić information content (AvgIpc) is 3.10. The molecule has 2 fully saturated rings. The molecular formula is C13H16N4O4S. The van der Waals surface area contributed by atoms with Crippen molar-refractivity contribution in [3.05, 3.63) is 12.7 Å². The summed E-state index contributed by atoms with van der Waals surface area (Å²) in [4.78, 5) is 12.5. The molecule has 0 bridgehead atoms. The van der Waals surface area contributed by atoms with Gasteiger partial charge in [0.25, 0.3) is 0 Å². The Labute approximate surface area is 131 Å². The summed E-state index contributed by atoms with van der Waals surface area (Å²) in [5.41, 5.74) is 1.20. The SMILES string of the molecule is CC1(C)O[C@@H]2[C@H](O1)[C@@H](CO)O[C@H]2n1cnc2c(S)ncnc21. The van der Waals surface area contributed by atoms with E-state index in [1.54, 1.807) is 10.9 Å². The summed E-state index contributed by atoms with van der Waals surface area (Å²) in [7, 11) is 0. The van der Waals surface area contributed by atoms with Crippen molar-refractivity contribution in [3.8, 4) is 0 Å². The monoisotopic (exact) mass is 324 g/mol. The summed E-state index contributed by atoms with van der Waals surface area (Å²) >= 11 is 4.28. The maximum Gasteiger partial charge on any atom is 0.166 e. The second-order valence-electron chi connectivity index (χ2n) is 5.83. The number of aliphatic hydroxyl groups excluding tert-OH is 1. The topological polar surface area (TPSA) is 91.5 Å². The lowest BCUT2D eigenvalue weighted by molar-refractivity contribution is -0.199. The second-order valence-corrected chi connectivity index (χ2v) is 6.26. The molecular weight excluding hydrogens is 308 g/mol. The summed E-state index contributed by atoms with van der Waals surface area (Å²) < 4.78 is 19.5. The molecule has 4 rings (SSSR count). The Kier molecular flexibility index (Phi) is 3.17. The zero-order valence-corrected chi connectivity index (χ0v) is 13.0. The highest BCUT2D eigenvalue weighted by Crippen LogP contribution is 2.43. The van der Waals surface area contributed by atoms with Crippen LogP contribution in [-0.2, 0) is 14.2 Å². The number of hydrogen-bond donors (Lipinski definition) is 2. The quantitative estimate of drug-likeness (QED) is 0.615. The predicted octanol–water partition coefficient (Wildman–Crippen LogP) is 0.525. The number of aromatic nitrogens is 4. The van der Waals surface area contributed by atoms with E-state index in [-0.39, 0.29) is 18.8 Å². The molecule has 0 unspecified atom stereocenters. The molecule has 0 aromatic carbocycles. The molecule has 9 heteroatoms. The van der Waals surface area contributed by atoms with Gasteiger partial charge in [-0.15, -0.1) is 12.6 Å². The molecule has 2 aliphatic heterocycles. The van der Waals surface area contributed by atoms with Crippen molar-refractivity contribution in [1.29, 1.82) is 0 Å². The van der Waals surface area contributed by atoms with Crippen LogP contribution in [0.3, 0.4) is 0 Å². The van der Waals surface area contributed by atoms with Crippen LogP contribution in [0.4, 0.5) is 0 Å². The molecule has 2 aromatic rings. The number of thiol groups is 1. The lowest BCUT2D eigenvalue weighted by atomic mass is 10.1. The zero-order chi connectivity index (χ0) is 15.5. The van der Waals surface area contributed by atoms with Gasteiger partial charge in [0.05, 0.1) is 12.9 Å². The molecule has 0 radical (unpaired) electrons. The maximum absolute atomic E-state index is 9.53. The minimum absolute atomic E-state index is 0.142. The summed E-state index contributed by atoms with van der Waals surface area (Å²) in [6.45, 7) is 3.55. The van der Waals surface area contributed by atoms with E-state index in [1.807, 2.05) is 13.8 Å². The van der Waals surface area contributed by atoms with Gasteiger partial charge < -0.3 is 19.3 Å². The van der Waals surface area contributed by atoms with Crippen LogP contribution in [0.5, 0.6) is 0 Å². The summed E-state index contributed by atoms with van der Waals surface area (Å²) in [6, 6.07) is 0. The van der Waals surface area contributed by atoms with Gasteiger partial charge in [-0.1, -0.05) is 0 Å². The van der Waals surface area contributed by atoms with Crippen LogP contribution in [0, 0.1) is 0 Å². The van der Waals surface area contributed by atoms with Crippen molar-refractivity contribution in [2.45, 2.75) is 49.2 Å². The number of hydrogen-bond acceptors (Lipinski definition) is 8. The van der Waals surface area contributed by atoms with Crippen LogP contribution in [0.25, 0.3) is 11.2 Å². The van der Waals surface area contributed by atoms with Crippen molar-refractivity contribution < 1.29 is 19.3 Å². The smallest absolute Gasteiger partial charge is 0.166 e. The highest BCUT2D eigenvalue weighted by Gasteiger charge is 2.55. The number of aliphatic hydroxyl groups is 1. The molecule has 0 amide bonds. The fourth-order valence-corrected chi connectivity index (χ4v) is 3.27. The van der Waals surface area contributed by atoms with Gasteiger partial charge in [-0.2, -0.15) is 0 Å². The fraction of sp³-hybridized carbons (Fsp3) is 0.615. The molecule has 118 valence electrons. The number of nitrogens with zero attached hydrogens (tertiary/aromatic N) is 4. The Morgan fingerprint density at radius 3 is 2.82 bits per heavy atom. The normalized spacial score (nSPS) is 33.5. The molecule has 4 heterocycles. The Hall–Kier alpha value is -1.26. The third kappa shape index (κ3) is 2.04. The minimum Gasteiger partial charge on any atom is -0.394 e. The zero-order valence-electron chi connectivity index (χ0n) is 12.1. The van der Waals surface area contributed by atoms with Gasteiger partial charge >= 0.3 is 0 Å². The van der Waals surface area contributed by atoms with Crippen LogP contribution in [0.1, 0.15) is 20.1 Å². The van der Waals surface area contributed by atoms with Gasteiger partial charge in [0.1, 0.15) is 35.2 Å². The van der Waals surface area contributed by atoms with Crippen molar-refractivity contribution in [2.75, 3.05) is 6.61 Å². The highest BCUT2D eigenvalue weighted by molar-refractivity contribution is 7.80. The van der Waals surface area contributed by atoms with Crippen molar-refractivity contribution >= 4 is 23.8 Å². The number of rotatable bonds is 2. The third-order valence-corrected chi connectivity index (χ3v) is 4.25. The van der Waals surface area contributed by atoms with Gasteiger partial charge in [-0.3, -0.25) is 4.57 Å². The van der Waals surface area contributed by atoms with Crippen molar-refractivity contribution in [1.82, 2.24) is 19.5 Å².